The Labute approximate surface area is 187 Å². The van der Waals surface area contributed by atoms with Gasteiger partial charge >= 0.3 is 10.1 Å². The highest BCUT2D eigenvalue weighted by Crippen LogP contribution is 2.26. The van der Waals surface area contributed by atoms with Gasteiger partial charge < -0.3 is 16.2 Å². The van der Waals surface area contributed by atoms with Crippen LogP contribution in [0.1, 0.15) is 21.9 Å². The lowest BCUT2D eigenvalue weighted by molar-refractivity contribution is 0.101. The van der Waals surface area contributed by atoms with Crippen molar-refractivity contribution < 1.29 is 23.0 Å². The second-order valence-electron chi connectivity index (χ2n) is 7.37. The Morgan fingerprint density at radius 1 is 1.15 bits per heavy atom. The third kappa shape index (κ3) is 3.81. The van der Waals surface area contributed by atoms with E-state index < -0.39 is 15.9 Å². The fourth-order valence-electron chi connectivity index (χ4n) is 3.64. The number of nitrogen functional groups attached to an aromatic ring is 1. The Balaban J connectivity index is 0.00000259. The van der Waals surface area contributed by atoms with Crippen molar-refractivity contribution in [2.45, 2.75) is 6.92 Å². The molecule has 5 N–H and O–H groups in total. The SMILES string of the molecule is Cc1nc2ccc(-n3ncc(C(=O)c4cc5ccccc5n4OS(C)(=O)=O)c3N)cc2[nH]1.O. The zero-order valence-electron chi connectivity index (χ0n) is 17.6. The maximum Gasteiger partial charge on any atom is 0.324 e. The summed E-state index contributed by atoms with van der Waals surface area (Å²) in [5, 5.41) is 4.92. The number of carbonyl (C=O) groups is 1. The van der Waals surface area contributed by atoms with Crippen LogP contribution in [-0.4, -0.2) is 50.4 Å². The molecule has 0 bridgehead atoms. The lowest BCUT2D eigenvalue weighted by Crippen LogP contribution is -2.23. The minimum absolute atomic E-state index is 0. The van der Waals surface area contributed by atoms with Gasteiger partial charge in [-0.3, -0.25) is 9.08 Å². The number of anilines is 1. The number of nitrogens with zero attached hydrogens (tertiary/aromatic N) is 4. The van der Waals surface area contributed by atoms with Crippen molar-refractivity contribution in [3.8, 4) is 5.69 Å². The Bertz CT molecular complexity index is 1630. The van der Waals surface area contributed by atoms with E-state index in [9.17, 15) is 13.2 Å². The van der Waals surface area contributed by atoms with E-state index in [4.69, 9.17) is 10.0 Å². The number of hydrogen-bond donors (Lipinski definition) is 2. The van der Waals surface area contributed by atoms with E-state index in [1.165, 1.54) is 10.9 Å². The largest absolute Gasteiger partial charge is 0.412 e. The van der Waals surface area contributed by atoms with Crippen LogP contribution in [0.4, 0.5) is 5.82 Å². The number of para-hydroxylation sites is 1. The first-order valence-corrected chi connectivity index (χ1v) is 11.4. The second-order valence-corrected chi connectivity index (χ2v) is 8.93. The van der Waals surface area contributed by atoms with Gasteiger partial charge in [-0.15, -0.1) is 0 Å². The summed E-state index contributed by atoms with van der Waals surface area (Å²) in [7, 11) is -3.89. The lowest BCUT2D eigenvalue weighted by Gasteiger charge is -2.09. The molecular weight excluding hydrogens is 448 g/mol. The minimum atomic E-state index is -3.89. The van der Waals surface area contributed by atoms with Crippen LogP contribution in [0, 0.1) is 6.92 Å². The monoisotopic (exact) mass is 468 g/mol. The summed E-state index contributed by atoms with van der Waals surface area (Å²) >= 11 is 0. The van der Waals surface area contributed by atoms with Crippen LogP contribution in [0.3, 0.4) is 0 Å². The van der Waals surface area contributed by atoms with Crippen LogP contribution in [0.2, 0.25) is 0 Å². The molecule has 0 radical (unpaired) electrons. The maximum absolute atomic E-state index is 13.4. The van der Waals surface area contributed by atoms with Crippen molar-refractivity contribution in [3.05, 3.63) is 71.8 Å². The van der Waals surface area contributed by atoms with Gasteiger partial charge in [0.05, 0.1) is 40.3 Å². The van der Waals surface area contributed by atoms with Crippen molar-refractivity contribution in [3.63, 3.8) is 0 Å². The number of carbonyl (C=O) groups excluding carboxylic acids is 1. The van der Waals surface area contributed by atoms with Gasteiger partial charge in [0.1, 0.15) is 17.3 Å². The van der Waals surface area contributed by atoms with E-state index in [1.54, 1.807) is 36.4 Å². The van der Waals surface area contributed by atoms with Crippen molar-refractivity contribution in [1.29, 1.82) is 0 Å². The van der Waals surface area contributed by atoms with E-state index in [2.05, 4.69) is 15.1 Å². The highest BCUT2D eigenvalue weighted by Gasteiger charge is 2.25. The molecular formula is C21H20N6O5S. The third-order valence-electron chi connectivity index (χ3n) is 4.99. The number of imidazole rings is 1. The van der Waals surface area contributed by atoms with E-state index in [0.29, 0.717) is 16.6 Å². The van der Waals surface area contributed by atoms with Gasteiger partial charge in [0.25, 0.3) is 0 Å². The van der Waals surface area contributed by atoms with E-state index in [-0.39, 0.29) is 22.6 Å². The smallest absolute Gasteiger partial charge is 0.324 e. The summed E-state index contributed by atoms with van der Waals surface area (Å²) in [5.74, 6) is 0.369. The van der Waals surface area contributed by atoms with Gasteiger partial charge in [0.15, 0.2) is 0 Å². The van der Waals surface area contributed by atoms with Crippen molar-refractivity contribution in [2.75, 3.05) is 12.0 Å². The zero-order chi connectivity index (χ0) is 22.6. The number of aromatic nitrogens is 5. The molecule has 0 aliphatic heterocycles. The predicted octanol–water partition coefficient (Wildman–Crippen LogP) is 1.39. The number of aromatic amines is 1. The van der Waals surface area contributed by atoms with Crippen molar-refractivity contribution in [2.24, 2.45) is 0 Å². The fraction of sp³-hybridized carbons (Fsp3) is 0.0952. The molecule has 0 saturated heterocycles. The molecule has 0 aliphatic carbocycles. The molecule has 5 aromatic rings. The molecule has 3 heterocycles. The summed E-state index contributed by atoms with van der Waals surface area (Å²) < 4.78 is 31.2. The number of hydrogen-bond acceptors (Lipinski definition) is 7. The average molecular weight is 468 g/mol. The Hall–Kier alpha value is -4.16. The molecule has 33 heavy (non-hydrogen) atoms. The molecule has 12 heteroatoms. The summed E-state index contributed by atoms with van der Waals surface area (Å²) in [6, 6.07) is 13.9. The first kappa shape index (κ1) is 22.0. The number of ketones is 1. The highest BCUT2D eigenvalue weighted by molar-refractivity contribution is 7.86. The van der Waals surface area contributed by atoms with E-state index >= 15 is 0 Å². The molecule has 11 nitrogen and oxygen atoms in total. The number of H-pyrrole nitrogens is 1. The first-order valence-electron chi connectivity index (χ1n) is 9.56. The Morgan fingerprint density at radius 2 is 1.91 bits per heavy atom. The number of fused-ring (bicyclic) bond motifs is 2. The number of aryl methyl sites for hydroxylation is 1. The van der Waals surface area contributed by atoms with E-state index in [0.717, 1.165) is 27.8 Å². The highest BCUT2D eigenvalue weighted by atomic mass is 32.2. The summed E-state index contributed by atoms with van der Waals surface area (Å²) in [5.41, 5.74) is 9.11. The molecule has 0 atom stereocenters. The minimum Gasteiger partial charge on any atom is -0.412 e. The summed E-state index contributed by atoms with van der Waals surface area (Å²) in [6.45, 7) is 1.86. The molecule has 0 fully saturated rings. The van der Waals surface area contributed by atoms with Gasteiger partial charge in [-0.05, 0) is 37.3 Å². The van der Waals surface area contributed by atoms with Crippen LogP contribution in [-0.2, 0) is 10.1 Å². The van der Waals surface area contributed by atoms with Gasteiger partial charge in [-0.2, -0.15) is 18.2 Å². The van der Waals surface area contributed by atoms with Crippen LogP contribution in [0.25, 0.3) is 27.6 Å². The van der Waals surface area contributed by atoms with E-state index in [1.807, 2.05) is 19.1 Å². The standard InChI is InChI=1S/C21H18N6O4S.H2O/c1-12-24-16-8-7-14(10-17(16)25-12)26-21(22)15(11-23-26)20(28)19-9-13-5-3-4-6-18(13)27(19)31-32(2,29)30;/h3-11H,22H2,1-2H3,(H,24,25);1H2. The van der Waals surface area contributed by atoms with Crippen LogP contribution in [0.5, 0.6) is 0 Å². The number of nitrogens with two attached hydrogens (primary N) is 1. The first-order chi connectivity index (χ1) is 15.2. The number of nitrogens with one attached hydrogen (secondary N) is 1. The summed E-state index contributed by atoms with van der Waals surface area (Å²) in [6.07, 6.45) is 2.26. The molecule has 0 saturated carbocycles. The van der Waals surface area contributed by atoms with Crippen LogP contribution < -0.4 is 10.0 Å². The van der Waals surface area contributed by atoms with Crippen molar-refractivity contribution >= 4 is 43.7 Å². The van der Waals surface area contributed by atoms with Gasteiger partial charge in [-0.1, -0.05) is 18.2 Å². The Morgan fingerprint density at radius 3 is 2.67 bits per heavy atom. The number of rotatable bonds is 5. The summed E-state index contributed by atoms with van der Waals surface area (Å²) in [4.78, 5) is 20.9. The average Bonchev–Trinajstić information content (AvgIpc) is 3.40. The molecule has 0 unspecified atom stereocenters. The lowest BCUT2D eigenvalue weighted by atomic mass is 10.1. The van der Waals surface area contributed by atoms with Gasteiger partial charge in [0.2, 0.25) is 5.78 Å². The van der Waals surface area contributed by atoms with Gasteiger partial charge in [-0.25, -0.2) is 9.67 Å². The quantitative estimate of drug-likeness (QED) is 0.367. The zero-order valence-corrected chi connectivity index (χ0v) is 18.4. The third-order valence-corrected chi connectivity index (χ3v) is 5.41. The molecule has 0 amide bonds. The molecule has 3 aromatic heterocycles. The predicted molar refractivity (Wildman–Crippen MR) is 123 cm³/mol. The molecule has 170 valence electrons. The van der Waals surface area contributed by atoms with Crippen molar-refractivity contribution in [1.82, 2.24) is 24.5 Å². The topological polar surface area (TPSA) is 169 Å². The van der Waals surface area contributed by atoms with Gasteiger partial charge in [0, 0.05) is 5.39 Å². The van der Waals surface area contributed by atoms with Crippen LogP contribution >= 0.6 is 0 Å². The normalized spacial score (nSPS) is 11.6. The maximum atomic E-state index is 13.4. The fourth-order valence-corrected chi connectivity index (χ4v) is 4.07. The molecule has 5 rings (SSSR count). The van der Waals surface area contributed by atoms with Crippen LogP contribution in [0.15, 0.2) is 54.7 Å². The molecule has 0 spiro atoms. The Kier molecular flexibility index (Phi) is 5.18. The molecule has 2 aromatic carbocycles. The second kappa shape index (κ2) is 7.76. The number of benzene rings is 2. The molecule has 0 aliphatic rings.